The van der Waals surface area contributed by atoms with Crippen molar-refractivity contribution in [2.75, 3.05) is 13.2 Å². The van der Waals surface area contributed by atoms with E-state index in [0.717, 1.165) is 64.2 Å². The molecule has 6 heteroatoms. The topological polar surface area (TPSA) is 78.9 Å². The van der Waals surface area contributed by atoms with E-state index in [1.807, 2.05) is 0 Å². The molecule has 0 radical (unpaired) electrons. The van der Waals surface area contributed by atoms with Gasteiger partial charge in [0.25, 0.3) is 0 Å². The van der Waals surface area contributed by atoms with Gasteiger partial charge < -0.3 is 14.2 Å². The first-order valence-corrected chi connectivity index (χ1v) is 31.7. The molecule has 0 heterocycles. The zero-order chi connectivity index (χ0) is 50.7. The standard InChI is InChI=1S/C64H122O6/c1-4-7-10-13-16-19-22-24-26-28-29-30-31-32-33-34-35-36-38-39-42-45-48-51-54-57-63(66)69-60-61(59-68-62(65)56-53-50-47-44-41-21-18-15-12-9-6-3)70-64(67)58-55-52-49-46-43-40-37-27-25-23-20-17-14-11-8-5-2/h15,18,61H,4-14,16-17,19-60H2,1-3H3/b18-15-. The summed E-state index contributed by atoms with van der Waals surface area (Å²) in [6, 6.07) is 0. The second kappa shape index (κ2) is 59.7. The molecule has 414 valence electrons. The van der Waals surface area contributed by atoms with Crippen LogP contribution in [0.1, 0.15) is 361 Å². The van der Waals surface area contributed by atoms with E-state index in [4.69, 9.17) is 14.2 Å². The largest absolute Gasteiger partial charge is 0.462 e. The second-order valence-electron chi connectivity index (χ2n) is 21.7. The fourth-order valence-electron chi connectivity index (χ4n) is 9.72. The summed E-state index contributed by atoms with van der Waals surface area (Å²) < 4.78 is 16.9. The van der Waals surface area contributed by atoms with E-state index in [2.05, 4.69) is 32.9 Å². The highest BCUT2D eigenvalue weighted by atomic mass is 16.6. The first-order valence-electron chi connectivity index (χ1n) is 31.7. The second-order valence-corrected chi connectivity index (χ2v) is 21.7. The zero-order valence-corrected chi connectivity index (χ0v) is 47.6. The molecular formula is C64H122O6. The van der Waals surface area contributed by atoms with Crippen LogP contribution in [-0.4, -0.2) is 37.2 Å². The van der Waals surface area contributed by atoms with Gasteiger partial charge in [-0.25, -0.2) is 0 Å². The maximum Gasteiger partial charge on any atom is 0.306 e. The molecule has 0 saturated carbocycles. The van der Waals surface area contributed by atoms with Crippen molar-refractivity contribution in [3.8, 4) is 0 Å². The molecule has 0 aromatic rings. The van der Waals surface area contributed by atoms with Crippen molar-refractivity contribution in [3.05, 3.63) is 12.2 Å². The molecule has 1 unspecified atom stereocenters. The van der Waals surface area contributed by atoms with Crippen molar-refractivity contribution in [3.63, 3.8) is 0 Å². The molecule has 0 bridgehead atoms. The van der Waals surface area contributed by atoms with Gasteiger partial charge in [-0.1, -0.05) is 315 Å². The first kappa shape index (κ1) is 68.2. The van der Waals surface area contributed by atoms with Crippen molar-refractivity contribution >= 4 is 17.9 Å². The minimum atomic E-state index is -0.768. The number of allylic oxidation sites excluding steroid dienone is 2. The monoisotopic (exact) mass is 987 g/mol. The number of esters is 3. The molecule has 0 fully saturated rings. The van der Waals surface area contributed by atoms with E-state index >= 15 is 0 Å². The van der Waals surface area contributed by atoms with Gasteiger partial charge in [0.1, 0.15) is 13.2 Å². The van der Waals surface area contributed by atoms with E-state index in [1.165, 1.54) is 257 Å². The maximum absolute atomic E-state index is 12.9. The number of carbonyl (C=O) groups is 3. The van der Waals surface area contributed by atoms with Gasteiger partial charge in [0.15, 0.2) is 6.10 Å². The summed E-state index contributed by atoms with van der Waals surface area (Å²) in [5, 5.41) is 0. The fraction of sp³-hybridized carbons (Fsp3) is 0.922. The average Bonchev–Trinajstić information content (AvgIpc) is 3.36. The lowest BCUT2D eigenvalue weighted by molar-refractivity contribution is -0.167. The van der Waals surface area contributed by atoms with E-state index in [-0.39, 0.29) is 31.1 Å². The molecule has 0 aromatic heterocycles. The highest BCUT2D eigenvalue weighted by Gasteiger charge is 2.19. The molecule has 1 atom stereocenters. The van der Waals surface area contributed by atoms with Crippen LogP contribution in [0.15, 0.2) is 12.2 Å². The Hall–Kier alpha value is -1.85. The van der Waals surface area contributed by atoms with Crippen LogP contribution in [0.2, 0.25) is 0 Å². The van der Waals surface area contributed by atoms with Crippen molar-refractivity contribution in [1.29, 1.82) is 0 Å². The molecule has 0 rings (SSSR count). The third kappa shape index (κ3) is 57.1. The molecule has 0 aliphatic heterocycles. The number of rotatable bonds is 59. The molecule has 0 spiro atoms. The Balaban J connectivity index is 4.16. The van der Waals surface area contributed by atoms with Crippen LogP contribution in [-0.2, 0) is 28.6 Å². The Labute approximate surface area is 437 Å². The van der Waals surface area contributed by atoms with Crippen LogP contribution in [0.3, 0.4) is 0 Å². The number of carbonyl (C=O) groups excluding carboxylic acids is 3. The molecule has 0 aliphatic rings. The average molecular weight is 988 g/mol. The molecule has 6 nitrogen and oxygen atoms in total. The quantitative estimate of drug-likeness (QED) is 0.0261. The van der Waals surface area contributed by atoms with Gasteiger partial charge in [-0.15, -0.1) is 0 Å². The normalized spacial score (nSPS) is 12.0. The lowest BCUT2D eigenvalue weighted by Gasteiger charge is -2.18. The number of ether oxygens (including phenoxy) is 3. The molecule has 0 amide bonds. The highest BCUT2D eigenvalue weighted by molar-refractivity contribution is 5.71. The van der Waals surface area contributed by atoms with Gasteiger partial charge in [-0.05, 0) is 38.5 Å². The molecule has 0 aliphatic carbocycles. The van der Waals surface area contributed by atoms with E-state index in [9.17, 15) is 14.4 Å². The van der Waals surface area contributed by atoms with Gasteiger partial charge >= 0.3 is 17.9 Å². The zero-order valence-electron chi connectivity index (χ0n) is 47.6. The maximum atomic E-state index is 12.9. The van der Waals surface area contributed by atoms with Gasteiger partial charge in [0.2, 0.25) is 0 Å². The molecule has 0 N–H and O–H groups in total. The fourth-order valence-corrected chi connectivity index (χ4v) is 9.72. The summed E-state index contributed by atoms with van der Waals surface area (Å²) in [5.41, 5.74) is 0. The predicted octanol–water partition coefficient (Wildman–Crippen LogP) is 21.3. The predicted molar refractivity (Wildman–Crippen MR) is 303 cm³/mol. The van der Waals surface area contributed by atoms with Gasteiger partial charge in [0.05, 0.1) is 0 Å². The van der Waals surface area contributed by atoms with Crippen LogP contribution in [0.25, 0.3) is 0 Å². The Bertz CT molecular complexity index is 1090. The molecule has 70 heavy (non-hydrogen) atoms. The van der Waals surface area contributed by atoms with Gasteiger partial charge in [0, 0.05) is 19.3 Å². The van der Waals surface area contributed by atoms with Gasteiger partial charge in [-0.2, -0.15) is 0 Å². The summed E-state index contributed by atoms with van der Waals surface area (Å²) in [5.74, 6) is -0.849. The summed E-state index contributed by atoms with van der Waals surface area (Å²) in [7, 11) is 0. The van der Waals surface area contributed by atoms with Crippen LogP contribution >= 0.6 is 0 Å². The Kier molecular flexibility index (Phi) is 58.1. The minimum Gasteiger partial charge on any atom is -0.462 e. The SMILES string of the molecule is CCCC/C=C\CCCCCCCC(=O)OCC(COC(=O)CCCCCCCCCCCCCCCCCCCCCCCCCCC)OC(=O)CCCCCCCCCCCCCCCCCC. The lowest BCUT2D eigenvalue weighted by Crippen LogP contribution is -2.30. The summed E-state index contributed by atoms with van der Waals surface area (Å²) in [4.78, 5) is 38.2. The van der Waals surface area contributed by atoms with E-state index in [0.29, 0.717) is 19.3 Å². The van der Waals surface area contributed by atoms with Crippen molar-refractivity contribution in [1.82, 2.24) is 0 Å². The van der Waals surface area contributed by atoms with E-state index in [1.54, 1.807) is 0 Å². The summed E-state index contributed by atoms with van der Waals surface area (Å²) in [6.07, 6.45) is 69.4. The van der Waals surface area contributed by atoms with E-state index < -0.39 is 6.10 Å². The molecule has 0 aromatic carbocycles. The Morgan fingerprint density at radius 2 is 0.486 bits per heavy atom. The van der Waals surface area contributed by atoms with Crippen molar-refractivity contribution in [2.24, 2.45) is 0 Å². The Morgan fingerprint density at radius 1 is 0.271 bits per heavy atom. The Morgan fingerprint density at radius 3 is 0.757 bits per heavy atom. The van der Waals surface area contributed by atoms with Crippen molar-refractivity contribution in [2.45, 2.75) is 367 Å². The smallest absolute Gasteiger partial charge is 0.306 e. The first-order chi connectivity index (χ1) is 34.5. The number of hydrogen-bond acceptors (Lipinski definition) is 6. The minimum absolute atomic E-state index is 0.0663. The van der Waals surface area contributed by atoms with Gasteiger partial charge in [-0.3, -0.25) is 14.4 Å². The number of hydrogen-bond donors (Lipinski definition) is 0. The lowest BCUT2D eigenvalue weighted by atomic mass is 10.0. The third-order valence-corrected chi connectivity index (χ3v) is 14.5. The highest BCUT2D eigenvalue weighted by Crippen LogP contribution is 2.18. The summed E-state index contributed by atoms with van der Waals surface area (Å²) >= 11 is 0. The van der Waals surface area contributed by atoms with Crippen LogP contribution in [0, 0.1) is 0 Å². The summed E-state index contributed by atoms with van der Waals surface area (Å²) in [6.45, 7) is 6.67. The third-order valence-electron chi connectivity index (χ3n) is 14.5. The van der Waals surface area contributed by atoms with Crippen LogP contribution in [0.4, 0.5) is 0 Å². The molecule has 0 saturated heterocycles. The molecular weight excluding hydrogens is 865 g/mol. The van der Waals surface area contributed by atoms with Crippen LogP contribution in [0.5, 0.6) is 0 Å². The van der Waals surface area contributed by atoms with Crippen LogP contribution < -0.4 is 0 Å². The number of unbranched alkanes of at least 4 members (excludes halogenated alkanes) is 46. The van der Waals surface area contributed by atoms with Crippen molar-refractivity contribution < 1.29 is 28.6 Å².